The maximum Gasteiger partial charge on any atom is 0.220 e. The molecule has 0 aliphatic heterocycles. The second-order valence-electron chi connectivity index (χ2n) is 5.87. The summed E-state index contributed by atoms with van der Waals surface area (Å²) < 4.78 is 0. The van der Waals surface area contributed by atoms with E-state index in [9.17, 15) is 4.79 Å². The van der Waals surface area contributed by atoms with Crippen LogP contribution in [0.2, 0.25) is 5.02 Å². The van der Waals surface area contributed by atoms with Crippen molar-refractivity contribution in [1.82, 2.24) is 10.2 Å². The molecule has 2 aromatic carbocycles. The van der Waals surface area contributed by atoms with E-state index in [-0.39, 0.29) is 5.91 Å². The van der Waals surface area contributed by atoms with Gasteiger partial charge in [0.15, 0.2) is 0 Å². The third-order valence-electron chi connectivity index (χ3n) is 3.66. The summed E-state index contributed by atoms with van der Waals surface area (Å²) in [6.45, 7) is 1.43. The third kappa shape index (κ3) is 5.70. The second-order valence-corrected chi connectivity index (χ2v) is 6.28. The Morgan fingerprint density at radius 1 is 1.00 bits per heavy atom. The van der Waals surface area contributed by atoms with Crippen LogP contribution in [0.1, 0.15) is 23.1 Å². The van der Waals surface area contributed by atoms with Crippen molar-refractivity contribution in [2.24, 2.45) is 0 Å². The molecule has 0 aromatic heterocycles. The standard InChI is InChI=1S/C19H23ClN2O/c1-22(2)14-17-9-4-3-8-16(17)13-21-19(23)12-11-15-7-5-6-10-18(15)20/h3-10H,11-14H2,1-2H3,(H,21,23). The highest BCUT2D eigenvalue weighted by Crippen LogP contribution is 2.16. The maximum atomic E-state index is 12.1. The number of carbonyl (C=O) groups is 1. The average molecular weight is 331 g/mol. The van der Waals surface area contributed by atoms with Crippen molar-refractivity contribution in [3.05, 3.63) is 70.2 Å². The average Bonchev–Trinajstić information content (AvgIpc) is 2.53. The summed E-state index contributed by atoms with van der Waals surface area (Å²) in [5.41, 5.74) is 3.41. The Kier molecular flexibility index (Phi) is 6.63. The molecule has 0 heterocycles. The minimum atomic E-state index is 0.0459. The first-order chi connectivity index (χ1) is 11.1. The third-order valence-corrected chi connectivity index (χ3v) is 4.03. The topological polar surface area (TPSA) is 32.3 Å². The number of hydrogen-bond acceptors (Lipinski definition) is 2. The van der Waals surface area contributed by atoms with E-state index in [0.29, 0.717) is 19.4 Å². The second kappa shape index (κ2) is 8.70. The van der Waals surface area contributed by atoms with E-state index in [2.05, 4.69) is 22.3 Å². The minimum absolute atomic E-state index is 0.0459. The molecule has 2 rings (SSSR count). The van der Waals surface area contributed by atoms with Crippen molar-refractivity contribution >= 4 is 17.5 Å². The van der Waals surface area contributed by atoms with Crippen molar-refractivity contribution in [2.75, 3.05) is 14.1 Å². The molecule has 0 radical (unpaired) electrons. The summed E-state index contributed by atoms with van der Waals surface area (Å²) in [4.78, 5) is 14.2. The van der Waals surface area contributed by atoms with Gasteiger partial charge in [-0.05, 0) is 43.3 Å². The summed E-state index contributed by atoms with van der Waals surface area (Å²) in [5.74, 6) is 0.0459. The highest BCUT2D eigenvalue weighted by atomic mass is 35.5. The van der Waals surface area contributed by atoms with Crippen LogP contribution < -0.4 is 5.32 Å². The Hall–Kier alpha value is -1.84. The number of aryl methyl sites for hydroxylation is 1. The summed E-state index contributed by atoms with van der Waals surface area (Å²) >= 11 is 6.11. The molecule has 122 valence electrons. The van der Waals surface area contributed by atoms with Crippen LogP contribution in [-0.2, 0) is 24.3 Å². The van der Waals surface area contributed by atoms with Gasteiger partial charge in [0.2, 0.25) is 5.91 Å². The molecule has 0 atom stereocenters. The summed E-state index contributed by atoms with van der Waals surface area (Å²) in [7, 11) is 4.08. The van der Waals surface area contributed by atoms with E-state index in [0.717, 1.165) is 22.7 Å². The molecular weight excluding hydrogens is 308 g/mol. The van der Waals surface area contributed by atoms with E-state index < -0.39 is 0 Å². The van der Waals surface area contributed by atoms with E-state index in [1.807, 2.05) is 50.5 Å². The van der Waals surface area contributed by atoms with Crippen LogP contribution in [0.4, 0.5) is 0 Å². The van der Waals surface area contributed by atoms with Crippen LogP contribution in [-0.4, -0.2) is 24.9 Å². The largest absolute Gasteiger partial charge is 0.352 e. The van der Waals surface area contributed by atoms with Crippen LogP contribution in [0, 0.1) is 0 Å². The molecule has 0 saturated carbocycles. The lowest BCUT2D eigenvalue weighted by Crippen LogP contribution is -2.24. The van der Waals surface area contributed by atoms with Gasteiger partial charge in [-0.25, -0.2) is 0 Å². The number of rotatable bonds is 7. The molecular formula is C19H23ClN2O. The zero-order chi connectivity index (χ0) is 16.7. The zero-order valence-corrected chi connectivity index (χ0v) is 14.4. The molecule has 1 N–H and O–H groups in total. The number of nitrogens with zero attached hydrogens (tertiary/aromatic N) is 1. The number of benzene rings is 2. The van der Waals surface area contributed by atoms with Gasteiger partial charge in [-0.15, -0.1) is 0 Å². The van der Waals surface area contributed by atoms with Crippen molar-refractivity contribution in [2.45, 2.75) is 25.9 Å². The zero-order valence-electron chi connectivity index (χ0n) is 13.7. The number of halogens is 1. The van der Waals surface area contributed by atoms with Crippen molar-refractivity contribution < 1.29 is 4.79 Å². The quantitative estimate of drug-likeness (QED) is 0.840. The highest BCUT2D eigenvalue weighted by Gasteiger charge is 2.07. The van der Waals surface area contributed by atoms with Gasteiger partial charge < -0.3 is 10.2 Å². The Labute approximate surface area is 143 Å². The van der Waals surface area contributed by atoms with E-state index in [1.165, 1.54) is 5.56 Å². The van der Waals surface area contributed by atoms with Crippen molar-refractivity contribution in [1.29, 1.82) is 0 Å². The van der Waals surface area contributed by atoms with Gasteiger partial charge in [0.25, 0.3) is 0 Å². The van der Waals surface area contributed by atoms with E-state index in [4.69, 9.17) is 11.6 Å². The molecule has 2 aromatic rings. The van der Waals surface area contributed by atoms with Gasteiger partial charge >= 0.3 is 0 Å². The van der Waals surface area contributed by atoms with Crippen LogP contribution >= 0.6 is 11.6 Å². The molecule has 1 amide bonds. The van der Waals surface area contributed by atoms with Crippen LogP contribution in [0.25, 0.3) is 0 Å². The lowest BCUT2D eigenvalue weighted by atomic mass is 10.1. The SMILES string of the molecule is CN(C)Cc1ccccc1CNC(=O)CCc1ccccc1Cl. The lowest BCUT2D eigenvalue weighted by Gasteiger charge is -2.14. The number of nitrogens with one attached hydrogen (secondary N) is 1. The molecule has 4 heteroatoms. The smallest absolute Gasteiger partial charge is 0.220 e. The number of amides is 1. The normalized spacial score (nSPS) is 10.8. The van der Waals surface area contributed by atoms with Gasteiger partial charge in [0.1, 0.15) is 0 Å². The number of carbonyl (C=O) groups excluding carboxylic acids is 1. The molecule has 3 nitrogen and oxygen atoms in total. The Morgan fingerprint density at radius 3 is 2.26 bits per heavy atom. The fraction of sp³-hybridized carbons (Fsp3) is 0.316. The fourth-order valence-corrected chi connectivity index (χ4v) is 2.69. The highest BCUT2D eigenvalue weighted by molar-refractivity contribution is 6.31. The molecule has 0 unspecified atom stereocenters. The Morgan fingerprint density at radius 2 is 1.61 bits per heavy atom. The number of hydrogen-bond donors (Lipinski definition) is 1. The van der Waals surface area contributed by atoms with Gasteiger partial charge in [0, 0.05) is 24.5 Å². The van der Waals surface area contributed by atoms with Crippen LogP contribution in [0.5, 0.6) is 0 Å². The van der Waals surface area contributed by atoms with Crippen molar-refractivity contribution in [3.8, 4) is 0 Å². The predicted molar refractivity (Wildman–Crippen MR) is 95.5 cm³/mol. The Bertz CT molecular complexity index is 655. The van der Waals surface area contributed by atoms with Gasteiger partial charge in [-0.3, -0.25) is 4.79 Å². The first-order valence-electron chi connectivity index (χ1n) is 7.78. The predicted octanol–water partition coefficient (Wildman–Crippen LogP) is 3.65. The molecule has 23 heavy (non-hydrogen) atoms. The molecule has 0 spiro atoms. The molecule has 0 aliphatic rings. The molecule has 0 bridgehead atoms. The fourth-order valence-electron chi connectivity index (χ4n) is 2.46. The molecule has 0 fully saturated rings. The summed E-state index contributed by atoms with van der Waals surface area (Å²) in [5, 5.41) is 3.72. The summed E-state index contributed by atoms with van der Waals surface area (Å²) in [6, 6.07) is 15.9. The molecule has 0 aliphatic carbocycles. The van der Waals surface area contributed by atoms with Gasteiger partial charge in [-0.2, -0.15) is 0 Å². The van der Waals surface area contributed by atoms with Gasteiger partial charge in [0.05, 0.1) is 0 Å². The first kappa shape index (κ1) is 17.5. The molecule has 0 saturated heterocycles. The minimum Gasteiger partial charge on any atom is -0.352 e. The van der Waals surface area contributed by atoms with Gasteiger partial charge in [-0.1, -0.05) is 54.1 Å². The van der Waals surface area contributed by atoms with Crippen molar-refractivity contribution in [3.63, 3.8) is 0 Å². The van der Waals surface area contributed by atoms with Crippen LogP contribution in [0.15, 0.2) is 48.5 Å². The maximum absolute atomic E-state index is 12.1. The summed E-state index contributed by atoms with van der Waals surface area (Å²) in [6.07, 6.45) is 1.10. The monoisotopic (exact) mass is 330 g/mol. The Balaban J connectivity index is 1.86. The lowest BCUT2D eigenvalue weighted by molar-refractivity contribution is -0.121. The van der Waals surface area contributed by atoms with Crippen LogP contribution in [0.3, 0.4) is 0 Å². The van der Waals surface area contributed by atoms with E-state index in [1.54, 1.807) is 0 Å². The first-order valence-corrected chi connectivity index (χ1v) is 8.15. The van der Waals surface area contributed by atoms with E-state index >= 15 is 0 Å².